The number of benzene rings is 2. The lowest BCUT2D eigenvalue weighted by molar-refractivity contribution is -0.906. The fourth-order valence-electron chi connectivity index (χ4n) is 3.22. The summed E-state index contributed by atoms with van der Waals surface area (Å²) in [6.07, 6.45) is 0. The van der Waals surface area contributed by atoms with Crippen LogP contribution < -0.4 is 24.0 Å². The second-order valence-corrected chi connectivity index (χ2v) is 8.58. The molecule has 0 bridgehead atoms. The molecule has 2 rings (SSSR count). The van der Waals surface area contributed by atoms with E-state index in [2.05, 4.69) is 20.9 Å². The predicted octanol–water partition coefficient (Wildman–Crippen LogP) is 1.86. The van der Waals surface area contributed by atoms with Gasteiger partial charge in [-0.15, -0.1) is 11.8 Å². The number of quaternary nitrogens is 1. The Balaban J connectivity index is 0.00000420. The highest BCUT2D eigenvalue weighted by Gasteiger charge is 2.44. The van der Waals surface area contributed by atoms with Gasteiger partial charge < -0.3 is 33.2 Å². The number of thioether (sulfide) groups is 1. The van der Waals surface area contributed by atoms with Crippen molar-refractivity contribution in [1.29, 1.82) is 0 Å². The van der Waals surface area contributed by atoms with Crippen molar-refractivity contribution in [2.45, 2.75) is 25.5 Å². The molecule has 2 aromatic carbocycles. The number of nitrogens with zero attached hydrogens (tertiary/aromatic N) is 1. The van der Waals surface area contributed by atoms with Gasteiger partial charge in [-0.05, 0) is 42.9 Å². The van der Waals surface area contributed by atoms with Crippen molar-refractivity contribution in [3.8, 4) is 0 Å². The first-order chi connectivity index (χ1) is 13.4. The van der Waals surface area contributed by atoms with Gasteiger partial charge in [0.05, 0.1) is 20.1 Å². The van der Waals surface area contributed by atoms with Gasteiger partial charge >= 0.3 is 5.97 Å². The normalized spacial score (nSPS) is 13.3. The summed E-state index contributed by atoms with van der Waals surface area (Å²) in [7, 11) is 2.16. The van der Waals surface area contributed by atoms with Crippen LogP contribution >= 0.6 is 11.8 Å². The number of carbonyl (C=O) groups is 1. The zero-order valence-electron chi connectivity index (χ0n) is 17.7. The molecule has 0 amide bonds. The summed E-state index contributed by atoms with van der Waals surface area (Å²) in [5.41, 5.74) is 1.42. The second kappa shape index (κ2) is 11.9. The summed E-state index contributed by atoms with van der Waals surface area (Å²) in [5.74, 6) is -0.00324. The molecule has 1 atom stereocenters. The fraction of sp³-hybridized carbons (Fsp3) is 0.435. The molecule has 0 aliphatic heterocycles. The lowest BCUT2D eigenvalue weighted by Crippen LogP contribution is -3.00. The molecule has 3 nitrogen and oxygen atoms in total. The van der Waals surface area contributed by atoms with Gasteiger partial charge in [0.1, 0.15) is 19.0 Å². The zero-order chi connectivity index (χ0) is 20.6. The molecule has 0 N–H and O–H groups in total. The van der Waals surface area contributed by atoms with E-state index >= 15 is 0 Å². The second-order valence-electron chi connectivity index (χ2n) is 7.10. The van der Waals surface area contributed by atoms with Gasteiger partial charge in [-0.2, -0.15) is 0 Å². The van der Waals surface area contributed by atoms with Gasteiger partial charge in [-0.1, -0.05) is 49.4 Å². The van der Waals surface area contributed by atoms with Crippen LogP contribution in [0.2, 0.25) is 0 Å². The van der Waals surface area contributed by atoms with E-state index < -0.39 is 4.75 Å². The summed E-state index contributed by atoms with van der Waals surface area (Å²) in [6, 6.07) is 15.8. The summed E-state index contributed by atoms with van der Waals surface area (Å²) >= 11 is 1.47. The number of ether oxygens (including phenoxy) is 1. The van der Waals surface area contributed by atoms with Crippen LogP contribution in [0, 0.1) is 5.82 Å². The van der Waals surface area contributed by atoms with Crippen LogP contribution in [0.4, 0.5) is 4.39 Å². The smallest absolute Gasteiger partial charge is 0.331 e. The molecule has 0 aliphatic carbocycles. The maximum Gasteiger partial charge on any atom is 0.331 e. The molecular weight excluding hydrogens is 500 g/mol. The number of rotatable bonds is 10. The van der Waals surface area contributed by atoms with Crippen LogP contribution in [0.5, 0.6) is 0 Å². The van der Waals surface area contributed by atoms with E-state index in [1.807, 2.05) is 37.3 Å². The fourth-order valence-corrected chi connectivity index (χ4v) is 4.43. The van der Waals surface area contributed by atoms with Gasteiger partial charge in [0.15, 0.2) is 4.75 Å². The van der Waals surface area contributed by atoms with E-state index in [0.29, 0.717) is 17.9 Å². The molecule has 0 aliphatic rings. The molecule has 0 fully saturated rings. The van der Waals surface area contributed by atoms with Crippen LogP contribution in [0.15, 0.2) is 54.6 Å². The molecule has 160 valence electrons. The van der Waals surface area contributed by atoms with Gasteiger partial charge in [0.2, 0.25) is 0 Å². The Labute approximate surface area is 195 Å². The van der Waals surface area contributed by atoms with Gasteiger partial charge in [0.25, 0.3) is 0 Å². The SMILES string of the molecule is CCSC(C(=O)OCC[N+](C)(CC)CC)(c1ccccc1)c1cccc(F)c1.[I-]. The van der Waals surface area contributed by atoms with Crippen molar-refractivity contribution in [2.75, 3.05) is 39.0 Å². The van der Waals surface area contributed by atoms with Crippen molar-refractivity contribution >= 4 is 17.7 Å². The van der Waals surface area contributed by atoms with Crippen LogP contribution in [0.1, 0.15) is 31.9 Å². The lowest BCUT2D eigenvalue weighted by Gasteiger charge is -2.34. The summed E-state index contributed by atoms with van der Waals surface area (Å²) in [5, 5.41) is 0. The van der Waals surface area contributed by atoms with Crippen molar-refractivity contribution in [3.63, 3.8) is 0 Å². The highest BCUT2D eigenvalue weighted by atomic mass is 127. The van der Waals surface area contributed by atoms with E-state index in [-0.39, 0.29) is 35.8 Å². The van der Waals surface area contributed by atoms with Gasteiger partial charge in [0, 0.05) is 0 Å². The molecule has 6 heteroatoms. The summed E-state index contributed by atoms with van der Waals surface area (Å²) in [6.45, 7) is 9.32. The number of carbonyl (C=O) groups excluding carboxylic acids is 1. The largest absolute Gasteiger partial charge is 1.00 e. The molecule has 0 saturated heterocycles. The van der Waals surface area contributed by atoms with Crippen molar-refractivity contribution in [3.05, 3.63) is 71.5 Å². The highest BCUT2D eigenvalue weighted by molar-refractivity contribution is 8.01. The average Bonchev–Trinajstić information content (AvgIpc) is 2.72. The van der Waals surface area contributed by atoms with Crippen molar-refractivity contribution in [2.24, 2.45) is 0 Å². The topological polar surface area (TPSA) is 26.3 Å². The third kappa shape index (κ3) is 6.18. The first kappa shape index (κ1) is 25.9. The van der Waals surface area contributed by atoms with E-state index in [1.54, 1.807) is 12.1 Å². The van der Waals surface area contributed by atoms with Crippen LogP contribution in [0.3, 0.4) is 0 Å². The molecular formula is C23H31FINO2S. The molecule has 0 spiro atoms. The molecule has 0 saturated carbocycles. The third-order valence-electron chi connectivity index (χ3n) is 5.45. The number of hydrogen-bond acceptors (Lipinski definition) is 3. The standard InChI is InChI=1S/C23H31FNO2S.HI/c1-5-25(4,6-2)16-17-27-22(26)23(28-7-3,19-12-9-8-10-13-19)20-14-11-15-21(24)18-20;/h8-15,18H,5-7,16-17H2,1-4H3;1H/q+1;/p-1. The maximum atomic E-state index is 14.1. The summed E-state index contributed by atoms with van der Waals surface area (Å²) < 4.78 is 19.6. The monoisotopic (exact) mass is 531 g/mol. The van der Waals surface area contributed by atoms with Crippen molar-refractivity contribution < 1.29 is 42.4 Å². The third-order valence-corrected chi connectivity index (χ3v) is 6.81. The first-order valence-electron chi connectivity index (χ1n) is 9.88. The van der Waals surface area contributed by atoms with E-state index in [4.69, 9.17) is 4.74 Å². The first-order valence-corrected chi connectivity index (χ1v) is 10.9. The number of halogens is 2. The minimum absolute atomic E-state index is 0. The Kier molecular flexibility index (Phi) is 10.6. The summed E-state index contributed by atoms with van der Waals surface area (Å²) in [4.78, 5) is 13.5. The Morgan fingerprint density at radius 1 is 1.03 bits per heavy atom. The number of likely N-dealkylation sites (N-methyl/N-ethyl adjacent to an activating group) is 1. The molecule has 1 unspecified atom stereocenters. The zero-order valence-corrected chi connectivity index (χ0v) is 20.6. The molecule has 0 heterocycles. The Hall–Kier alpha value is -1.12. The molecule has 0 radical (unpaired) electrons. The van der Waals surface area contributed by atoms with Crippen LogP contribution in [-0.4, -0.2) is 49.5 Å². The minimum atomic E-state index is -1.08. The van der Waals surface area contributed by atoms with Gasteiger partial charge in [-0.25, -0.2) is 9.18 Å². The predicted molar refractivity (Wildman–Crippen MR) is 115 cm³/mol. The maximum absolute atomic E-state index is 14.1. The van der Waals surface area contributed by atoms with Crippen LogP contribution in [0.25, 0.3) is 0 Å². The van der Waals surface area contributed by atoms with Crippen molar-refractivity contribution in [1.82, 2.24) is 0 Å². The molecule has 0 aromatic heterocycles. The molecule has 2 aromatic rings. The lowest BCUT2D eigenvalue weighted by atomic mass is 9.90. The number of esters is 1. The molecule has 29 heavy (non-hydrogen) atoms. The number of hydrogen-bond donors (Lipinski definition) is 0. The van der Waals surface area contributed by atoms with Gasteiger partial charge in [-0.3, -0.25) is 0 Å². The van der Waals surface area contributed by atoms with E-state index in [1.165, 1.54) is 23.9 Å². The highest BCUT2D eigenvalue weighted by Crippen LogP contribution is 2.44. The quantitative estimate of drug-likeness (QED) is 0.266. The minimum Gasteiger partial charge on any atom is -1.00 e. The van der Waals surface area contributed by atoms with Crippen LogP contribution in [-0.2, 0) is 14.3 Å². The van der Waals surface area contributed by atoms with E-state index in [9.17, 15) is 9.18 Å². The Morgan fingerprint density at radius 2 is 1.66 bits per heavy atom. The average molecular weight is 531 g/mol. The Bertz CT molecular complexity index is 770. The Morgan fingerprint density at radius 3 is 2.21 bits per heavy atom. The van der Waals surface area contributed by atoms with E-state index in [0.717, 1.165) is 29.7 Å².